The minimum atomic E-state index is -1.04. The van der Waals surface area contributed by atoms with Crippen molar-refractivity contribution in [1.82, 2.24) is 15.2 Å². The number of amides is 3. The molecule has 2 aromatic rings. The molecule has 0 bridgehead atoms. The molecule has 3 saturated carbocycles. The van der Waals surface area contributed by atoms with Gasteiger partial charge in [-0.15, -0.1) is 0 Å². The largest absolute Gasteiger partial charge is 0.424 e. The van der Waals surface area contributed by atoms with Gasteiger partial charge in [0.1, 0.15) is 17.6 Å². The Morgan fingerprint density at radius 2 is 1.80 bits per heavy atom. The minimum absolute atomic E-state index is 0.0178. The summed E-state index contributed by atoms with van der Waals surface area (Å²) in [6.07, 6.45) is 8.46. The fourth-order valence-electron chi connectivity index (χ4n) is 7.63. The molecule has 1 aliphatic heterocycles. The molecule has 4 N–H and O–H groups in total. The smallest absolute Gasteiger partial charge is 0.296 e. The second-order valence-electron chi connectivity index (χ2n) is 13.2. The van der Waals surface area contributed by atoms with Gasteiger partial charge >= 0.3 is 0 Å². The summed E-state index contributed by atoms with van der Waals surface area (Å²) in [4.78, 5) is 59.1. The number of hydrogen-bond acceptors (Lipinski definition) is 7. The van der Waals surface area contributed by atoms with Crippen LogP contribution in [0.1, 0.15) is 71.6 Å². The summed E-state index contributed by atoms with van der Waals surface area (Å²) in [7, 11) is 0. The molecule has 5 atom stereocenters. The molecule has 10 nitrogen and oxygen atoms in total. The van der Waals surface area contributed by atoms with Crippen molar-refractivity contribution in [2.45, 2.75) is 89.8 Å². The lowest BCUT2D eigenvalue weighted by molar-refractivity contribution is -0.144. The van der Waals surface area contributed by atoms with Gasteiger partial charge in [0.2, 0.25) is 17.6 Å². The summed E-state index contributed by atoms with van der Waals surface area (Å²) in [5.74, 6) is -1.79. The molecule has 3 aliphatic carbocycles. The summed E-state index contributed by atoms with van der Waals surface area (Å²) in [6, 6.07) is 5.51. The Kier molecular flexibility index (Phi) is 7.28. The second kappa shape index (κ2) is 10.8. The number of piperidine rings is 1. The van der Waals surface area contributed by atoms with Gasteiger partial charge in [-0.3, -0.25) is 19.2 Å². The van der Waals surface area contributed by atoms with Crippen molar-refractivity contribution in [2.75, 3.05) is 11.9 Å². The molecule has 1 saturated heterocycles. The normalized spacial score (nSPS) is 27.0. The zero-order valence-electron chi connectivity index (χ0n) is 23.9. The van der Waals surface area contributed by atoms with Gasteiger partial charge in [0, 0.05) is 6.54 Å². The lowest BCUT2D eigenvalue weighted by Crippen LogP contribution is -2.58. The average Bonchev–Trinajstić information content (AvgIpc) is 3.29. The molecule has 10 heteroatoms. The third kappa shape index (κ3) is 5.21. The molecule has 0 spiro atoms. The van der Waals surface area contributed by atoms with Crippen LogP contribution >= 0.6 is 0 Å². The molecule has 4 aliphatic rings. The van der Waals surface area contributed by atoms with E-state index in [-0.39, 0.29) is 40.9 Å². The number of ketones is 1. The predicted octanol–water partition coefficient (Wildman–Crippen LogP) is 3.40. The lowest BCUT2D eigenvalue weighted by atomic mass is 9.80. The van der Waals surface area contributed by atoms with Crippen LogP contribution in [0.15, 0.2) is 28.7 Å². The van der Waals surface area contributed by atoms with Crippen LogP contribution in [0.3, 0.4) is 0 Å². The summed E-state index contributed by atoms with van der Waals surface area (Å²) in [5, 5.41) is 6.19. The number of nitrogens with two attached hydrogens (primary N) is 1. The van der Waals surface area contributed by atoms with E-state index < -0.39 is 29.8 Å². The van der Waals surface area contributed by atoms with Gasteiger partial charge in [0.25, 0.3) is 11.9 Å². The first-order chi connectivity index (χ1) is 19.6. The highest BCUT2D eigenvalue weighted by Gasteiger charge is 2.69. The Bertz CT molecular complexity index is 1310. The number of anilines is 1. The molecule has 41 heavy (non-hydrogen) atoms. The number of primary amides is 1. The zero-order valence-corrected chi connectivity index (χ0v) is 23.9. The Morgan fingerprint density at radius 3 is 2.46 bits per heavy atom. The van der Waals surface area contributed by atoms with E-state index in [1.807, 2.05) is 24.3 Å². The maximum Gasteiger partial charge on any atom is 0.296 e. The van der Waals surface area contributed by atoms with Crippen LogP contribution in [0.2, 0.25) is 0 Å². The number of aromatic nitrogens is 1. The SMILES string of the molecule is CC1(C)[C@@H]2[C@@H](C(=O)NC(CC3CCC3)C(=O)C(N)=O)N(C(=O)[C@@H](Nc3nc4ccccc4o3)C3CCCCC3)C[C@@H]21. The fourth-order valence-corrected chi connectivity index (χ4v) is 7.63. The van der Waals surface area contributed by atoms with Gasteiger partial charge < -0.3 is 25.7 Å². The number of Topliss-reactive ketones (excluding diaryl/α,β-unsaturated/α-hetero) is 1. The molecule has 220 valence electrons. The van der Waals surface area contributed by atoms with Crippen LogP contribution < -0.4 is 16.4 Å². The van der Waals surface area contributed by atoms with Crippen molar-refractivity contribution in [3.05, 3.63) is 24.3 Å². The molecule has 1 aromatic carbocycles. The van der Waals surface area contributed by atoms with E-state index in [9.17, 15) is 19.2 Å². The average molecular weight is 564 g/mol. The van der Waals surface area contributed by atoms with E-state index in [1.165, 1.54) is 0 Å². The maximum absolute atomic E-state index is 14.4. The van der Waals surface area contributed by atoms with E-state index in [1.54, 1.807) is 4.90 Å². The molecular weight excluding hydrogens is 522 g/mol. The molecule has 3 amide bonds. The van der Waals surface area contributed by atoms with Gasteiger partial charge in [-0.2, -0.15) is 4.98 Å². The van der Waals surface area contributed by atoms with Gasteiger partial charge in [0.15, 0.2) is 5.58 Å². The van der Waals surface area contributed by atoms with Gasteiger partial charge in [-0.1, -0.05) is 64.5 Å². The van der Waals surface area contributed by atoms with E-state index in [0.29, 0.717) is 30.1 Å². The van der Waals surface area contributed by atoms with Crippen molar-refractivity contribution >= 4 is 40.6 Å². The number of para-hydroxylation sites is 2. The van der Waals surface area contributed by atoms with Crippen LogP contribution in [0.5, 0.6) is 0 Å². The van der Waals surface area contributed by atoms with Crippen molar-refractivity contribution < 1.29 is 23.6 Å². The summed E-state index contributed by atoms with van der Waals surface area (Å²) in [6.45, 7) is 4.73. The first-order valence-electron chi connectivity index (χ1n) is 15.2. The van der Waals surface area contributed by atoms with Crippen LogP contribution in [-0.2, 0) is 19.2 Å². The van der Waals surface area contributed by atoms with E-state index >= 15 is 0 Å². The van der Waals surface area contributed by atoms with Gasteiger partial charge in [0.05, 0.1) is 6.04 Å². The van der Waals surface area contributed by atoms with E-state index in [4.69, 9.17) is 10.2 Å². The van der Waals surface area contributed by atoms with Crippen molar-refractivity contribution in [1.29, 1.82) is 0 Å². The highest BCUT2D eigenvalue weighted by Crippen LogP contribution is 2.65. The first kappa shape index (κ1) is 27.7. The first-order valence-corrected chi connectivity index (χ1v) is 15.2. The van der Waals surface area contributed by atoms with Gasteiger partial charge in [-0.05, 0) is 60.5 Å². The molecule has 1 aromatic heterocycles. The lowest BCUT2D eigenvalue weighted by Gasteiger charge is -2.37. The molecule has 6 rings (SSSR count). The quantitative estimate of drug-likeness (QED) is 0.375. The molecule has 1 unspecified atom stereocenters. The van der Waals surface area contributed by atoms with Crippen LogP contribution in [0, 0.1) is 29.1 Å². The van der Waals surface area contributed by atoms with Crippen LogP contribution in [0.4, 0.5) is 6.01 Å². The Hall–Kier alpha value is -3.43. The summed E-state index contributed by atoms with van der Waals surface area (Å²) < 4.78 is 5.94. The number of rotatable bonds is 10. The van der Waals surface area contributed by atoms with Crippen molar-refractivity contribution in [2.24, 2.45) is 34.8 Å². The number of carbonyl (C=O) groups is 4. The molecule has 4 fully saturated rings. The van der Waals surface area contributed by atoms with E-state index in [0.717, 1.165) is 51.4 Å². The van der Waals surface area contributed by atoms with E-state index in [2.05, 4.69) is 29.5 Å². The second-order valence-corrected chi connectivity index (χ2v) is 13.2. The predicted molar refractivity (Wildman–Crippen MR) is 152 cm³/mol. The third-order valence-corrected chi connectivity index (χ3v) is 10.4. The van der Waals surface area contributed by atoms with Crippen molar-refractivity contribution in [3.8, 4) is 0 Å². The third-order valence-electron chi connectivity index (χ3n) is 10.4. The highest BCUT2D eigenvalue weighted by molar-refractivity contribution is 6.37. The minimum Gasteiger partial charge on any atom is -0.424 e. The molecular formula is C31H41N5O5. The standard InChI is InChI=1S/C31H41N5O5/c1-31(2)19-16-36(25(23(19)31)28(39)33-21(26(37)27(32)38)15-17-9-8-10-17)29(40)24(18-11-4-3-5-12-18)35-30-34-20-13-6-7-14-22(20)41-30/h6-7,13-14,17-19,21,23-25H,3-5,8-12,15-16H2,1-2H3,(H2,32,38)(H,33,39)(H,34,35)/t19-,21?,23-,24-,25-/m0/s1. The number of nitrogens with zero attached hydrogens (tertiary/aromatic N) is 2. The van der Waals surface area contributed by atoms with Crippen LogP contribution in [-0.4, -0.2) is 58.1 Å². The Balaban J connectivity index is 1.26. The summed E-state index contributed by atoms with van der Waals surface area (Å²) >= 11 is 0. The van der Waals surface area contributed by atoms with Crippen LogP contribution in [0.25, 0.3) is 11.1 Å². The number of likely N-dealkylation sites (tertiary alicyclic amines) is 1. The number of hydrogen-bond donors (Lipinski definition) is 3. The molecule has 0 radical (unpaired) electrons. The van der Waals surface area contributed by atoms with Gasteiger partial charge in [-0.25, -0.2) is 0 Å². The number of benzene rings is 1. The summed E-state index contributed by atoms with van der Waals surface area (Å²) in [5.41, 5.74) is 6.61. The molecule has 2 heterocycles. The van der Waals surface area contributed by atoms with Crippen molar-refractivity contribution in [3.63, 3.8) is 0 Å². The fraction of sp³-hybridized carbons (Fsp3) is 0.645. The number of oxazole rings is 1. The number of nitrogens with one attached hydrogen (secondary N) is 2. The number of carbonyl (C=O) groups excluding carboxylic acids is 4. The Labute approximate surface area is 240 Å². The highest BCUT2D eigenvalue weighted by atomic mass is 16.4. The number of fused-ring (bicyclic) bond motifs is 2. The monoisotopic (exact) mass is 563 g/mol. The topological polar surface area (TPSA) is 148 Å². The zero-order chi connectivity index (χ0) is 28.9. The maximum atomic E-state index is 14.4. The Morgan fingerprint density at radius 1 is 1.07 bits per heavy atom.